The minimum atomic E-state index is -0.490. The Bertz CT molecular complexity index is 2210. The summed E-state index contributed by atoms with van der Waals surface area (Å²) in [6.45, 7) is 4.01. The van der Waals surface area contributed by atoms with Crippen LogP contribution in [0.3, 0.4) is 0 Å². The molecule has 2 amide bonds. The first-order chi connectivity index (χ1) is 23.3. The van der Waals surface area contributed by atoms with E-state index in [-0.39, 0.29) is 10.7 Å². The van der Waals surface area contributed by atoms with Gasteiger partial charge in [-0.3, -0.25) is 19.4 Å². The lowest BCUT2D eigenvalue weighted by molar-refractivity contribution is -0.120. The van der Waals surface area contributed by atoms with E-state index in [0.29, 0.717) is 22.0 Å². The van der Waals surface area contributed by atoms with Gasteiger partial charge >= 0.3 is 0 Å². The highest BCUT2D eigenvalue weighted by molar-refractivity contribution is 7.81. The number of aryl methyl sites for hydroxylation is 2. The third-order valence-corrected chi connectivity index (χ3v) is 9.16. The second-order valence-corrected chi connectivity index (χ2v) is 12.4. The van der Waals surface area contributed by atoms with Crippen molar-refractivity contribution in [2.24, 2.45) is 0 Å². The Hall–Kier alpha value is -5.56. The summed E-state index contributed by atoms with van der Waals surface area (Å²) in [6.07, 6.45) is 1.71. The van der Waals surface area contributed by atoms with Crippen LogP contribution in [0.15, 0.2) is 145 Å². The van der Waals surface area contributed by atoms with Crippen molar-refractivity contribution in [2.75, 3.05) is 9.80 Å². The van der Waals surface area contributed by atoms with Crippen LogP contribution in [0.5, 0.6) is 0 Å². The third kappa shape index (κ3) is 5.66. The summed E-state index contributed by atoms with van der Waals surface area (Å²) in [4.78, 5) is 31.9. The van der Waals surface area contributed by atoms with Gasteiger partial charge in [-0.2, -0.15) is 0 Å². The van der Waals surface area contributed by atoms with E-state index in [9.17, 15) is 9.59 Å². The third-order valence-electron chi connectivity index (χ3n) is 8.54. The van der Waals surface area contributed by atoms with Crippen LogP contribution < -0.4 is 9.80 Å². The molecule has 0 saturated carbocycles. The van der Waals surface area contributed by atoms with Crippen LogP contribution >= 0.6 is 23.8 Å². The predicted octanol–water partition coefficient (Wildman–Crippen LogP) is 9.83. The zero-order chi connectivity index (χ0) is 33.4. The Morgan fingerprint density at radius 2 is 1.12 bits per heavy atom. The van der Waals surface area contributed by atoms with Crippen LogP contribution in [0.1, 0.15) is 16.7 Å². The largest absolute Gasteiger partial charge is 0.309 e. The Morgan fingerprint density at radius 1 is 0.583 bits per heavy atom. The molecule has 1 aromatic heterocycles. The number of rotatable bonds is 6. The average molecular weight is 664 g/mol. The molecular weight excluding hydrogens is 634 g/mol. The number of amides is 2. The minimum Gasteiger partial charge on any atom is -0.309 e. The zero-order valence-corrected chi connectivity index (χ0v) is 27.9. The van der Waals surface area contributed by atoms with Crippen molar-refractivity contribution >= 4 is 58.2 Å². The average Bonchev–Trinajstić information content (AvgIpc) is 3.49. The molecule has 5 nitrogen and oxygen atoms in total. The fourth-order valence-electron chi connectivity index (χ4n) is 5.99. The van der Waals surface area contributed by atoms with E-state index in [1.54, 1.807) is 6.08 Å². The topological polar surface area (TPSA) is 45.6 Å². The van der Waals surface area contributed by atoms with E-state index >= 15 is 0 Å². The lowest BCUT2D eigenvalue weighted by Gasteiger charge is -2.36. The zero-order valence-electron chi connectivity index (χ0n) is 26.3. The van der Waals surface area contributed by atoms with E-state index in [2.05, 4.69) is 4.57 Å². The lowest BCUT2D eigenvalue weighted by Crippen LogP contribution is -2.57. The van der Waals surface area contributed by atoms with E-state index in [1.165, 1.54) is 9.80 Å². The van der Waals surface area contributed by atoms with Crippen molar-refractivity contribution in [3.05, 3.63) is 167 Å². The summed E-state index contributed by atoms with van der Waals surface area (Å²) in [6, 6.07) is 44.6. The van der Waals surface area contributed by atoms with Gasteiger partial charge in [0, 0.05) is 16.3 Å². The first-order valence-electron chi connectivity index (χ1n) is 15.5. The van der Waals surface area contributed by atoms with Gasteiger partial charge < -0.3 is 4.57 Å². The second kappa shape index (κ2) is 12.9. The summed E-state index contributed by atoms with van der Waals surface area (Å²) in [7, 11) is 0. The smallest absolute Gasteiger partial charge is 0.270 e. The van der Waals surface area contributed by atoms with Gasteiger partial charge in [0.25, 0.3) is 11.8 Å². The van der Waals surface area contributed by atoms with Crippen LogP contribution in [0, 0.1) is 13.8 Å². The molecule has 5 aromatic carbocycles. The molecule has 48 heavy (non-hydrogen) atoms. The van der Waals surface area contributed by atoms with E-state index in [0.717, 1.165) is 39.3 Å². The first kappa shape index (κ1) is 31.1. The summed E-state index contributed by atoms with van der Waals surface area (Å²) in [5.41, 5.74) is 8.45. The molecule has 7 heteroatoms. The minimum absolute atomic E-state index is 0.00395. The maximum atomic E-state index is 14.5. The molecule has 0 spiro atoms. The van der Waals surface area contributed by atoms with E-state index in [1.807, 2.05) is 153 Å². The number of nitrogens with zero attached hydrogens (tertiary/aromatic N) is 3. The molecular formula is C41H30ClN3O2S. The van der Waals surface area contributed by atoms with Gasteiger partial charge in [0.1, 0.15) is 5.57 Å². The second-order valence-electron chi connectivity index (χ2n) is 11.6. The highest BCUT2D eigenvalue weighted by atomic mass is 35.5. The lowest BCUT2D eigenvalue weighted by atomic mass is 10.0. The number of halogens is 1. The summed E-state index contributed by atoms with van der Waals surface area (Å²) >= 11 is 12.2. The van der Waals surface area contributed by atoms with E-state index in [4.69, 9.17) is 23.8 Å². The predicted molar refractivity (Wildman–Crippen MR) is 200 cm³/mol. The molecule has 0 radical (unpaired) electrons. The summed E-state index contributed by atoms with van der Waals surface area (Å²) in [5.74, 6) is -0.976. The molecule has 1 saturated heterocycles. The van der Waals surface area contributed by atoms with Crippen LogP contribution in [0.4, 0.5) is 11.4 Å². The van der Waals surface area contributed by atoms with Crippen molar-refractivity contribution in [1.82, 2.24) is 4.57 Å². The number of benzene rings is 5. The van der Waals surface area contributed by atoms with Gasteiger partial charge in [0.05, 0.1) is 22.8 Å². The molecule has 0 aliphatic carbocycles. The van der Waals surface area contributed by atoms with E-state index < -0.39 is 11.8 Å². The molecule has 1 aliphatic heterocycles. The number of hydrogen-bond donors (Lipinski definition) is 0. The Labute approximate surface area is 289 Å². The van der Waals surface area contributed by atoms with Gasteiger partial charge in [-0.1, -0.05) is 96.5 Å². The van der Waals surface area contributed by atoms with Gasteiger partial charge in [0.15, 0.2) is 5.11 Å². The molecule has 0 unspecified atom stereocenters. The van der Waals surface area contributed by atoms with Crippen LogP contribution in [0.2, 0.25) is 5.02 Å². The molecule has 0 atom stereocenters. The van der Waals surface area contributed by atoms with Gasteiger partial charge in [-0.25, -0.2) is 0 Å². The summed E-state index contributed by atoms with van der Waals surface area (Å²) < 4.78 is 2.14. The van der Waals surface area contributed by atoms with Gasteiger partial charge in [-0.15, -0.1) is 0 Å². The quantitative estimate of drug-likeness (QED) is 0.101. The molecule has 1 aliphatic rings. The van der Waals surface area contributed by atoms with Crippen molar-refractivity contribution in [2.45, 2.75) is 13.8 Å². The number of carbonyl (C=O) groups excluding carboxylic acids is 2. The monoisotopic (exact) mass is 663 g/mol. The first-order valence-corrected chi connectivity index (χ1v) is 16.3. The van der Waals surface area contributed by atoms with Crippen LogP contribution in [0.25, 0.3) is 34.3 Å². The number of hydrogen-bond acceptors (Lipinski definition) is 3. The maximum absolute atomic E-state index is 14.5. The molecule has 6 aromatic rings. The van der Waals surface area contributed by atoms with Crippen LogP contribution in [-0.2, 0) is 9.59 Å². The van der Waals surface area contributed by atoms with Gasteiger partial charge in [0.2, 0.25) is 0 Å². The normalized spacial score (nSPS) is 14.2. The Balaban J connectivity index is 1.50. The molecule has 1 fully saturated rings. The standard InChI is InChI=1S/C41H30ClN3O2S/c1-27-18-21-35(24-28(27)2)45-40(47)36(39(46)44(41(45)48)33-16-10-5-11-17-33)25-31-26-37(29-12-6-3-7-13-29)43(34-22-19-32(42)20-23-34)38(31)30-14-8-4-9-15-30/h3-26H,1-2H3/b36-25-. The van der Waals surface area contributed by atoms with Crippen molar-refractivity contribution in [3.8, 4) is 28.2 Å². The Kier molecular flexibility index (Phi) is 8.36. The fraction of sp³-hybridized carbons (Fsp3) is 0.0488. The molecule has 2 heterocycles. The number of carbonyl (C=O) groups is 2. The highest BCUT2D eigenvalue weighted by Gasteiger charge is 2.41. The SMILES string of the molecule is Cc1ccc(N2C(=O)/C(=C\c3cc(-c4ccccc4)n(-c4ccc(Cl)cc4)c3-c3ccccc3)C(=O)N(c3ccccc3)C2=S)cc1C. The van der Waals surface area contributed by atoms with Crippen molar-refractivity contribution < 1.29 is 9.59 Å². The highest BCUT2D eigenvalue weighted by Crippen LogP contribution is 2.39. The van der Waals surface area contributed by atoms with Crippen molar-refractivity contribution in [1.29, 1.82) is 0 Å². The number of para-hydroxylation sites is 1. The molecule has 234 valence electrons. The number of thiocarbonyl (C=S) groups is 1. The number of aromatic nitrogens is 1. The Morgan fingerprint density at radius 3 is 1.73 bits per heavy atom. The molecule has 7 rings (SSSR count). The summed E-state index contributed by atoms with van der Waals surface area (Å²) in [5, 5.41) is 0.723. The van der Waals surface area contributed by atoms with Gasteiger partial charge in [-0.05, 0) is 109 Å². The number of anilines is 2. The fourth-order valence-corrected chi connectivity index (χ4v) is 6.50. The van der Waals surface area contributed by atoms with Crippen LogP contribution in [-0.4, -0.2) is 21.5 Å². The molecule has 0 bridgehead atoms. The molecule has 0 N–H and O–H groups in total. The maximum Gasteiger partial charge on any atom is 0.270 e. The van der Waals surface area contributed by atoms with Crippen molar-refractivity contribution in [3.63, 3.8) is 0 Å².